The Kier molecular flexibility index (Phi) is 3.48. The first-order valence-electron chi connectivity index (χ1n) is 7.04. The second-order valence-electron chi connectivity index (χ2n) is 5.10. The third-order valence-corrected chi connectivity index (χ3v) is 3.40. The number of aromatic nitrogens is 3. The standard InChI is InChI=1S/C16H19N5/c1-4-17-15-16-18-9-10-21(16)11-14(19-15)12-5-7-13(8-6-12)20(2)3/h5-11H,4H2,1-3H3,(H,17,19). The normalized spacial score (nSPS) is 10.8. The van der Waals surface area contributed by atoms with Gasteiger partial charge < -0.3 is 14.6 Å². The van der Waals surface area contributed by atoms with Crippen LogP contribution in [-0.2, 0) is 0 Å². The second kappa shape index (κ2) is 5.44. The summed E-state index contributed by atoms with van der Waals surface area (Å²) in [5.74, 6) is 0.816. The zero-order chi connectivity index (χ0) is 14.8. The molecule has 3 aromatic rings. The van der Waals surface area contributed by atoms with Gasteiger partial charge in [-0.3, -0.25) is 0 Å². The highest BCUT2D eigenvalue weighted by Gasteiger charge is 2.08. The van der Waals surface area contributed by atoms with Crippen LogP contribution in [0.5, 0.6) is 0 Å². The van der Waals surface area contributed by atoms with E-state index in [0.717, 1.165) is 29.3 Å². The summed E-state index contributed by atoms with van der Waals surface area (Å²) in [4.78, 5) is 11.1. The maximum atomic E-state index is 4.70. The van der Waals surface area contributed by atoms with Gasteiger partial charge in [0.2, 0.25) is 0 Å². The third kappa shape index (κ3) is 2.54. The van der Waals surface area contributed by atoms with Crippen molar-refractivity contribution in [2.24, 2.45) is 0 Å². The molecule has 108 valence electrons. The minimum Gasteiger partial charge on any atom is -0.378 e. The molecular weight excluding hydrogens is 262 g/mol. The lowest BCUT2D eigenvalue weighted by Crippen LogP contribution is -2.08. The van der Waals surface area contributed by atoms with Gasteiger partial charge in [0, 0.05) is 50.5 Å². The molecule has 0 atom stereocenters. The summed E-state index contributed by atoms with van der Waals surface area (Å²) in [6, 6.07) is 8.39. The summed E-state index contributed by atoms with van der Waals surface area (Å²) in [5, 5.41) is 3.27. The van der Waals surface area contributed by atoms with Gasteiger partial charge in [0.15, 0.2) is 11.5 Å². The Morgan fingerprint density at radius 3 is 2.62 bits per heavy atom. The van der Waals surface area contributed by atoms with E-state index in [0.29, 0.717) is 0 Å². The van der Waals surface area contributed by atoms with Gasteiger partial charge in [-0.15, -0.1) is 0 Å². The Morgan fingerprint density at radius 2 is 1.95 bits per heavy atom. The summed E-state index contributed by atoms with van der Waals surface area (Å²) >= 11 is 0. The molecule has 2 aromatic heterocycles. The van der Waals surface area contributed by atoms with Crippen LogP contribution < -0.4 is 10.2 Å². The van der Waals surface area contributed by atoms with E-state index >= 15 is 0 Å². The molecule has 1 aromatic carbocycles. The molecule has 21 heavy (non-hydrogen) atoms. The molecule has 0 aliphatic rings. The molecule has 5 heteroatoms. The lowest BCUT2D eigenvalue weighted by molar-refractivity contribution is 1.09. The highest BCUT2D eigenvalue weighted by atomic mass is 15.1. The number of benzene rings is 1. The van der Waals surface area contributed by atoms with Gasteiger partial charge >= 0.3 is 0 Å². The van der Waals surface area contributed by atoms with Crippen LogP contribution in [0, 0.1) is 0 Å². The second-order valence-corrected chi connectivity index (χ2v) is 5.10. The number of nitrogens with zero attached hydrogens (tertiary/aromatic N) is 4. The van der Waals surface area contributed by atoms with Crippen molar-refractivity contribution in [3.05, 3.63) is 42.9 Å². The fourth-order valence-corrected chi connectivity index (χ4v) is 2.29. The van der Waals surface area contributed by atoms with E-state index in [4.69, 9.17) is 4.98 Å². The van der Waals surface area contributed by atoms with Crippen LogP contribution in [0.1, 0.15) is 6.92 Å². The molecule has 1 N–H and O–H groups in total. The summed E-state index contributed by atoms with van der Waals surface area (Å²) in [7, 11) is 4.07. The lowest BCUT2D eigenvalue weighted by atomic mass is 10.1. The maximum Gasteiger partial charge on any atom is 0.180 e. The molecule has 0 saturated carbocycles. The quantitative estimate of drug-likeness (QED) is 0.798. The number of nitrogens with one attached hydrogen (secondary N) is 1. The molecule has 3 rings (SSSR count). The molecule has 5 nitrogen and oxygen atoms in total. The van der Waals surface area contributed by atoms with Crippen molar-refractivity contribution in [2.45, 2.75) is 6.92 Å². The maximum absolute atomic E-state index is 4.70. The number of rotatable bonds is 4. The van der Waals surface area contributed by atoms with E-state index < -0.39 is 0 Å². The van der Waals surface area contributed by atoms with E-state index in [1.54, 1.807) is 6.20 Å². The lowest BCUT2D eigenvalue weighted by Gasteiger charge is -2.13. The summed E-state index contributed by atoms with van der Waals surface area (Å²) in [6.07, 6.45) is 5.74. The van der Waals surface area contributed by atoms with Crippen LogP contribution in [0.25, 0.3) is 16.9 Å². The molecule has 0 unspecified atom stereocenters. The van der Waals surface area contributed by atoms with Crippen LogP contribution in [0.15, 0.2) is 42.9 Å². The van der Waals surface area contributed by atoms with Gasteiger partial charge in [-0.1, -0.05) is 12.1 Å². The Balaban J connectivity index is 2.06. The molecule has 0 bridgehead atoms. The van der Waals surface area contributed by atoms with Gasteiger partial charge in [0.05, 0.1) is 5.69 Å². The predicted molar refractivity (Wildman–Crippen MR) is 86.9 cm³/mol. The average Bonchev–Trinajstić information content (AvgIpc) is 2.96. The first-order chi connectivity index (χ1) is 10.2. The number of anilines is 2. The van der Waals surface area contributed by atoms with E-state index in [9.17, 15) is 0 Å². The Morgan fingerprint density at radius 1 is 1.19 bits per heavy atom. The Hall–Kier alpha value is -2.56. The molecule has 2 heterocycles. The largest absolute Gasteiger partial charge is 0.378 e. The van der Waals surface area contributed by atoms with Gasteiger partial charge in [-0.05, 0) is 19.1 Å². The van der Waals surface area contributed by atoms with Crippen LogP contribution in [0.3, 0.4) is 0 Å². The van der Waals surface area contributed by atoms with Crippen molar-refractivity contribution in [1.29, 1.82) is 0 Å². The predicted octanol–water partition coefficient (Wildman–Crippen LogP) is 2.89. The summed E-state index contributed by atoms with van der Waals surface area (Å²) < 4.78 is 2.00. The minimum atomic E-state index is 0.816. The van der Waals surface area contributed by atoms with Crippen LogP contribution >= 0.6 is 0 Å². The number of hydrogen-bond acceptors (Lipinski definition) is 4. The zero-order valence-electron chi connectivity index (χ0n) is 12.5. The van der Waals surface area contributed by atoms with Crippen molar-refractivity contribution in [3.8, 4) is 11.3 Å². The average molecular weight is 281 g/mol. The first-order valence-corrected chi connectivity index (χ1v) is 7.04. The van der Waals surface area contributed by atoms with Crippen LogP contribution in [0.4, 0.5) is 11.5 Å². The molecular formula is C16H19N5. The molecule has 0 saturated heterocycles. The molecule has 0 aliphatic heterocycles. The van der Waals surface area contributed by atoms with Crippen LogP contribution in [-0.4, -0.2) is 35.0 Å². The van der Waals surface area contributed by atoms with E-state index in [1.165, 1.54) is 5.69 Å². The summed E-state index contributed by atoms with van der Waals surface area (Å²) in [6.45, 7) is 2.87. The van der Waals surface area contributed by atoms with E-state index in [2.05, 4.69) is 46.4 Å². The molecule has 0 spiro atoms. The third-order valence-electron chi connectivity index (χ3n) is 3.40. The molecule has 0 amide bonds. The molecule has 0 aliphatic carbocycles. The SMILES string of the molecule is CCNc1nc(-c2ccc(N(C)C)cc2)cn2ccnc12. The molecule has 0 fully saturated rings. The number of hydrogen-bond donors (Lipinski definition) is 1. The van der Waals surface area contributed by atoms with Crippen molar-refractivity contribution >= 4 is 17.2 Å². The van der Waals surface area contributed by atoms with Crippen LogP contribution in [0.2, 0.25) is 0 Å². The van der Waals surface area contributed by atoms with Gasteiger partial charge in [0.1, 0.15) is 0 Å². The van der Waals surface area contributed by atoms with Gasteiger partial charge in [-0.2, -0.15) is 0 Å². The Bertz CT molecular complexity index is 743. The van der Waals surface area contributed by atoms with E-state index in [1.807, 2.05) is 30.9 Å². The van der Waals surface area contributed by atoms with Crippen molar-refractivity contribution in [1.82, 2.24) is 14.4 Å². The van der Waals surface area contributed by atoms with Crippen molar-refractivity contribution in [3.63, 3.8) is 0 Å². The number of fused-ring (bicyclic) bond motifs is 1. The Labute approximate surface area is 124 Å². The zero-order valence-corrected chi connectivity index (χ0v) is 12.5. The minimum absolute atomic E-state index is 0.816. The number of imidazole rings is 1. The first kappa shape index (κ1) is 13.4. The smallest absolute Gasteiger partial charge is 0.180 e. The molecule has 0 radical (unpaired) electrons. The van der Waals surface area contributed by atoms with Crippen molar-refractivity contribution < 1.29 is 0 Å². The van der Waals surface area contributed by atoms with Gasteiger partial charge in [-0.25, -0.2) is 9.97 Å². The summed E-state index contributed by atoms with van der Waals surface area (Å²) in [5.41, 5.74) is 4.05. The van der Waals surface area contributed by atoms with Crippen molar-refractivity contribution in [2.75, 3.05) is 30.9 Å². The topological polar surface area (TPSA) is 45.5 Å². The van der Waals surface area contributed by atoms with E-state index in [-0.39, 0.29) is 0 Å². The fourth-order valence-electron chi connectivity index (χ4n) is 2.29. The monoisotopic (exact) mass is 281 g/mol. The highest BCUT2D eigenvalue weighted by molar-refractivity contribution is 5.70. The highest BCUT2D eigenvalue weighted by Crippen LogP contribution is 2.24. The van der Waals surface area contributed by atoms with Gasteiger partial charge in [0.25, 0.3) is 0 Å². The fraction of sp³-hybridized carbons (Fsp3) is 0.250.